The van der Waals surface area contributed by atoms with Crippen molar-refractivity contribution < 1.29 is 28.5 Å². The van der Waals surface area contributed by atoms with Crippen molar-refractivity contribution in [3.8, 4) is 0 Å². The quantitative estimate of drug-likeness (QED) is 0.0795. The second kappa shape index (κ2) is 17.6. The van der Waals surface area contributed by atoms with Gasteiger partial charge >= 0.3 is 5.97 Å². The molecular weight excluding hydrogens is 593 g/mol. The number of esters is 1. The molecule has 0 aromatic heterocycles. The van der Waals surface area contributed by atoms with Gasteiger partial charge in [0.25, 0.3) is 0 Å². The van der Waals surface area contributed by atoms with E-state index in [9.17, 15) is 9.90 Å². The van der Waals surface area contributed by atoms with Crippen molar-refractivity contribution in [1.29, 1.82) is 0 Å². The number of hydrogen-bond donors (Lipinski definition) is 1. The molecule has 6 nitrogen and oxygen atoms in total. The van der Waals surface area contributed by atoms with Crippen LogP contribution in [0, 0.1) is 5.41 Å². The maximum Gasteiger partial charge on any atom is 0.314 e. The Morgan fingerprint density at radius 2 is 1.41 bits per heavy atom. The second-order valence-electron chi connectivity index (χ2n) is 15.2. The highest BCUT2D eigenvalue weighted by molar-refractivity contribution is 6.74. The summed E-state index contributed by atoms with van der Waals surface area (Å²) in [6, 6.07) is 19.9. The molecule has 2 aromatic carbocycles. The topological polar surface area (TPSA) is 74.2 Å². The van der Waals surface area contributed by atoms with Gasteiger partial charge in [-0.15, -0.1) is 0 Å². The van der Waals surface area contributed by atoms with E-state index in [1.165, 1.54) is 0 Å². The van der Waals surface area contributed by atoms with Gasteiger partial charge < -0.3 is 23.7 Å². The molecule has 0 aliphatic heterocycles. The molecule has 0 unspecified atom stereocenters. The zero-order valence-electron chi connectivity index (χ0n) is 30.3. The van der Waals surface area contributed by atoms with E-state index in [1.54, 1.807) is 13.8 Å². The van der Waals surface area contributed by atoms with Crippen molar-refractivity contribution in [2.24, 2.45) is 5.41 Å². The molecule has 2 rings (SSSR count). The van der Waals surface area contributed by atoms with Crippen LogP contribution in [0.25, 0.3) is 0 Å². The first-order valence-electron chi connectivity index (χ1n) is 16.5. The number of rotatable bonds is 17. The molecule has 2 aromatic rings. The first-order valence-corrected chi connectivity index (χ1v) is 19.4. The fourth-order valence-corrected chi connectivity index (χ4v) is 5.99. The highest BCUT2D eigenvalue weighted by atomic mass is 28.4. The number of allylic oxidation sites excluding steroid dienone is 1. The van der Waals surface area contributed by atoms with Crippen LogP contribution in [0.3, 0.4) is 0 Å². The molecule has 46 heavy (non-hydrogen) atoms. The third-order valence-corrected chi connectivity index (χ3v) is 13.1. The Balaban J connectivity index is 2.56. The molecule has 0 saturated heterocycles. The number of carbonyl (C=O) groups is 1. The van der Waals surface area contributed by atoms with Crippen molar-refractivity contribution >= 4 is 14.3 Å². The van der Waals surface area contributed by atoms with Crippen molar-refractivity contribution in [1.82, 2.24) is 0 Å². The van der Waals surface area contributed by atoms with Gasteiger partial charge in [0.1, 0.15) is 11.7 Å². The van der Waals surface area contributed by atoms with Gasteiger partial charge in [0.05, 0.1) is 37.4 Å². The first kappa shape index (κ1) is 39.6. The zero-order chi connectivity index (χ0) is 34.6. The monoisotopic (exact) mass is 652 g/mol. The molecule has 0 saturated carbocycles. The minimum atomic E-state index is -2.15. The molecule has 0 spiro atoms. The average Bonchev–Trinajstić information content (AvgIpc) is 2.97. The van der Waals surface area contributed by atoms with E-state index in [0.29, 0.717) is 26.1 Å². The maximum absolute atomic E-state index is 13.5. The van der Waals surface area contributed by atoms with E-state index in [0.717, 1.165) is 16.7 Å². The van der Waals surface area contributed by atoms with Crippen molar-refractivity contribution in [3.05, 3.63) is 95.6 Å². The lowest BCUT2D eigenvalue weighted by Gasteiger charge is -2.41. The van der Waals surface area contributed by atoms with Gasteiger partial charge in [-0.3, -0.25) is 4.79 Å². The summed E-state index contributed by atoms with van der Waals surface area (Å²) in [5.41, 5.74) is 0.913. The van der Waals surface area contributed by atoms with Crippen molar-refractivity contribution in [2.75, 3.05) is 6.61 Å². The minimum absolute atomic E-state index is 0.0191. The fourth-order valence-electron chi connectivity index (χ4n) is 4.62. The predicted octanol–water partition coefficient (Wildman–Crippen LogP) is 9.19. The van der Waals surface area contributed by atoms with E-state index in [4.69, 9.17) is 18.6 Å². The molecule has 7 heteroatoms. The van der Waals surface area contributed by atoms with E-state index in [1.807, 2.05) is 101 Å². The van der Waals surface area contributed by atoms with Crippen LogP contribution in [0.1, 0.15) is 86.3 Å². The molecule has 0 aliphatic rings. The smallest absolute Gasteiger partial charge is 0.314 e. The predicted molar refractivity (Wildman–Crippen MR) is 191 cm³/mol. The summed E-state index contributed by atoms with van der Waals surface area (Å²) >= 11 is 0. The molecule has 0 aliphatic carbocycles. The second-order valence-corrected chi connectivity index (χ2v) is 19.9. The van der Waals surface area contributed by atoms with Crippen LogP contribution in [-0.2, 0) is 36.6 Å². The number of benzene rings is 2. The fraction of sp³-hybridized carbons (Fsp3) is 0.564. The van der Waals surface area contributed by atoms with Crippen LogP contribution in [0.5, 0.6) is 0 Å². The Bertz CT molecular complexity index is 1240. The van der Waals surface area contributed by atoms with Crippen molar-refractivity contribution in [2.45, 2.75) is 130 Å². The van der Waals surface area contributed by atoms with Gasteiger partial charge in [-0.2, -0.15) is 0 Å². The summed E-state index contributed by atoms with van der Waals surface area (Å²) in [6.45, 7) is 23.2. The lowest BCUT2D eigenvalue weighted by Crippen LogP contribution is -2.49. The van der Waals surface area contributed by atoms with E-state index in [2.05, 4.69) is 39.9 Å². The lowest BCUT2D eigenvalue weighted by atomic mass is 9.80. The summed E-state index contributed by atoms with van der Waals surface area (Å²) in [4.78, 5) is 13.5. The average molecular weight is 653 g/mol. The Morgan fingerprint density at radius 1 is 0.870 bits per heavy atom. The van der Waals surface area contributed by atoms with Crippen LogP contribution >= 0.6 is 0 Å². The molecule has 0 radical (unpaired) electrons. The number of aliphatic hydroxyl groups excluding tert-OH is 1. The molecule has 0 heterocycles. The van der Waals surface area contributed by atoms with Gasteiger partial charge in [-0.05, 0) is 89.2 Å². The number of ether oxygens (including phenoxy) is 3. The summed E-state index contributed by atoms with van der Waals surface area (Å²) in [5, 5.41) is 12.1. The van der Waals surface area contributed by atoms with E-state index < -0.39 is 37.5 Å². The van der Waals surface area contributed by atoms with Gasteiger partial charge in [0.15, 0.2) is 8.32 Å². The lowest BCUT2D eigenvalue weighted by molar-refractivity contribution is -0.178. The van der Waals surface area contributed by atoms with Crippen LogP contribution in [0.2, 0.25) is 18.1 Å². The van der Waals surface area contributed by atoms with E-state index >= 15 is 0 Å². The minimum Gasteiger partial charge on any atom is -0.459 e. The Hall–Kier alpha value is -2.55. The van der Waals surface area contributed by atoms with E-state index in [-0.39, 0.29) is 17.7 Å². The Kier molecular flexibility index (Phi) is 15.1. The third-order valence-electron chi connectivity index (χ3n) is 8.53. The summed E-state index contributed by atoms with van der Waals surface area (Å²) < 4.78 is 25.5. The maximum atomic E-state index is 13.5. The van der Waals surface area contributed by atoms with Crippen LogP contribution in [0.15, 0.2) is 84.5 Å². The first-order chi connectivity index (χ1) is 21.4. The normalized spacial score (nSPS) is 15.5. The molecular formula is C39H60O6Si. The summed E-state index contributed by atoms with van der Waals surface area (Å²) in [7, 11) is -2.15. The highest BCUT2D eigenvalue weighted by Gasteiger charge is 2.45. The number of hydrogen-bond acceptors (Lipinski definition) is 6. The molecule has 256 valence electrons. The van der Waals surface area contributed by atoms with Crippen LogP contribution in [0.4, 0.5) is 0 Å². The van der Waals surface area contributed by atoms with Gasteiger partial charge in [-0.25, -0.2) is 0 Å². The highest BCUT2D eigenvalue weighted by Crippen LogP contribution is 2.39. The third kappa shape index (κ3) is 12.9. The van der Waals surface area contributed by atoms with Crippen LogP contribution < -0.4 is 0 Å². The number of carbonyl (C=O) groups excluding carboxylic acids is 1. The van der Waals surface area contributed by atoms with Crippen LogP contribution in [-0.4, -0.2) is 49.9 Å². The SMILES string of the molecule is C/C=C/C[C@H](C/C(=C\COCc1ccccc1)[C@H](OCc1ccccc1)[C@H](O)C(C)(C)C(=O)OC(C)(C)C)O[Si](C)(C)C(C)(C)C. The van der Waals surface area contributed by atoms with Crippen molar-refractivity contribution in [3.63, 3.8) is 0 Å². The summed E-state index contributed by atoms with van der Waals surface area (Å²) in [6.07, 6.45) is 5.21. The molecule has 0 fully saturated rings. The molecule has 3 atom stereocenters. The molecule has 1 N–H and O–H groups in total. The van der Waals surface area contributed by atoms with Gasteiger partial charge in [-0.1, -0.05) is 99.7 Å². The largest absolute Gasteiger partial charge is 0.459 e. The van der Waals surface area contributed by atoms with Gasteiger partial charge in [0, 0.05) is 0 Å². The standard InChI is InChI=1S/C39H60O6Si/c1-12-13-24-33(45-46(10,11)38(5,6)7)27-32(25-26-42-28-30-20-16-14-17-21-30)34(43-29-31-22-18-15-19-23-31)35(40)39(8,9)36(41)44-37(2,3)4/h12-23,25,33-35,40H,24,26-29H2,1-11H3/b13-12+,32-25+/t33-,34+,35+/m1/s1. The number of aliphatic hydroxyl groups is 1. The zero-order valence-corrected chi connectivity index (χ0v) is 31.3. The molecule has 0 amide bonds. The Labute approximate surface area is 280 Å². The summed E-state index contributed by atoms with van der Waals surface area (Å²) in [5.74, 6) is -0.483. The Morgan fingerprint density at radius 3 is 1.91 bits per heavy atom. The van der Waals surface area contributed by atoms with Gasteiger partial charge in [0.2, 0.25) is 0 Å². The molecule has 0 bridgehead atoms.